The third kappa shape index (κ3) is 2.81. The Balaban J connectivity index is 1.90. The third-order valence-corrected chi connectivity index (χ3v) is 3.33. The Kier molecular flexibility index (Phi) is 3.83. The summed E-state index contributed by atoms with van der Waals surface area (Å²) in [6, 6.07) is 18.1. The molecule has 0 unspecified atom stereocenters. The Hall–Kier alpha value is -3.14. The van der Waals surface area contributed by atoms with Crippen LogP contribution in [0.25, 0.3) is 10.8 Å². The molecule has 4 nitrogen and oxygen atoms in total. The standard InChI is InChI=1S/C18H14N2O2/c21-17-8-4-2-6-14(17)11-19-20-12-16-15-7-3-1-5-13(15)9-10-18(16)22/h1-12,21-22H/b19-11-,20-12-. The molecule has 0 atom stereocenters. The van der Waals surface area contributed by atoms with Gasteiger partial charge in [0.15, 0.2) is 0 Å². The molecule has 0 radical (unpaired) electrons. The third-order valence-electron chi connectivity index (χ3n) is 3.33. The maximum Gasteiger partial charge on any atom is 0.125 e. The van der Waals surface area contributed by atoms with Crippen molar-refractivity contribution in [2.45, 2.75) is 0 Å². The number of hydrogen-bond acceptors (Lipinski definition) is 4. The number of para-hydroxylation sites is 1. The van der Waals surface area contributed by atoms with E-state index in [2.05, 4.69) is 10.2 Å². The molecule has 0 saturated carbocycles. The molecule has 0 fully saturated rings. The number of rotatable bonds is 3. The van der Waals surface area contributed by atoms with Gasteiger partial charge in [0, 0.05) is 11.1 Å². The summed E-state index contributed by atoms with van der Waals surface area (Å²) in [6.07, 6.45) is 2.97. The Labute approximate surface area is 127 Å². The van der Waals surface area contributed by atoms with E-state index in [4.69, 9.17) is 0 Å². The molecule has 0 aliphatic rings. The minimum Gasteiger partial charge on any atom is -0.507 e. The van der Waals surface area contributed by atoms with Crippen LogP contribution in [0.2, 0.25) is 0 Å². The number of benzene rings is 3. The zero-order valence-electron chi connectivity index (χ0n) is 11.7. The fraction of sp³-hybridized carbons (Fsp3) is 0. The van der Waals surface area contributed by atoms with Crippen LogP contribution in [0.15, 0.2) is 70.9 Å². The van der Waals surface area contributed by atoms with Crippen molar-refractivity contribution in [3.63, 3.8) is 0 Å². The van der Waals surface area contributed by atoms with Crippen LogP contribution in [0.4, 0.5) is 0 Å². The number of fused-ring (bicyclic) bond motifs is 1. The highest BCUT2D eigenvalue weighted by molar-refractivity contribution is 6.02. The highest BCUT2D eigenvalue weighted by Crippen LogP contribution is 2.25. The van der Waals surface area contributed by atoms with Gasteiger partial charge in [0.1, 0.15) is 11.5 Å². The molecule has 0 saturated heterocycles. The van der Waals surface area contributed by atoms with Gasteiger partial charge in [-0.15, -0.1) is 0 Å². The average Bonchev–Trinajstić information content (AvgIpc) is 2.55. The van der Waals surface area contributed by atoms with Crippen LogP contribution in [-0.2, 0) is 0 Å². The van der Waals surface area contributed by atoms with Crippen LogP contribution >= 0.6 is 0 Å². The molecule has 3 rings (SSSR count). The van der Waals surface area contributed by atoms with Gasteiger partial charge in [0.25, 0.3) is 0 Å². The first kappa shape index (κ1) is 13.8. The van der Waals surface area contributed by atoms with Crippen LogP contribution in [0.1, 0.15) is 11.1 Å². The van der Waals surface area contributed by atoms with Gasteiger partial charge in [0.2, 0.25) is 0 Å². The van der Waals surface area contributed by atoms with Gasteiger partial charge in [-0.25, -0.2) is 0 Å². The largest absolute Gasteiger partial charge is 0.507 e. The molecule has 0 aliphatic heterocycles. The highest BCUT2D eigenvalue weighted by Gasteiger charge is 2.03. The van der Waals surface area contributed by atoms with Crippen molar-refractivity contribution < 1.29 is 10.2 Å². The van der Waals surface area contributed by atoms with Crippen molar-refractivity contribution in [3.8, 4) is 11.5 Å². The molecule has 3 aromatic rings. The SMILES string of the molecule is Oc1ccccc1/C=N\N=C/c1c(O)ccc2ccccc12. The van der Waals surface area contributed by atoms with Gasteiger partial charge in [-0.05, 0) is 29.0 Å². The van der Waals surface area contributed by atoms with Crippen molar-refractivity contribution >= 4 is 23.2 Å². The lowest BCUT2D eigenvalue weighted by molar-refractivity contribution is 0.474. The Morgan fingerprint density at radius 2 is 1.41 bits per heavy atom. The van der Waals surface area contributed by atoms with E-state index in [9.17, 15) is 10.2 Å². The minimum absolute atomic E-state index is 0.148. The number of aromatic hydroxyl groups is 2. The molecule has 3 aromatic carbocycles. The lowest BCUT2D eigenvalue weighted by atomic mass is 10.0. The van der Waals surface area contributed by atoms with Crippen molar-refractivity contribution in [3.05, 3.63) is 71.8 Å². The van der Waals surface area contributed by atoms with E-state index in [1.807, 2.05) is 30.3 Å². The summed E-state index contributed by atoms with van der Waals surface area (Å²) in [5.41, 5.74) is 1.20. The van der Waals surface area contributed by atoms with Gasteiger partial charge < -0.3 is 10.2 Å². The number of phenols is 2. The van der Waals surface area contributed by atoms with Crippen LogP contribution < -0.4 is 0 Å². The minimum atomic E-state index is 0.148. The van der Waals surface area contributed by atoms with E-state index in [0.29, 0.717) is 11.1 Å². The monoisotopic (exact) mass is 290 g/mol. The highest BCUT2D eigenvalue weighted by atomic mass is 16.3. The second-order valence-electron chi connectivity index (χ2n) is 4.77. The van der Waals surface area contributed by atoms with Gasteiger partial charge in [-0.2, -0.15) is 10.2 Å². The van der Waals surface area contributed by atoms with E-state index in [-0.39, 0.29) is 11.5 Å². The zero-order valence-corrected chi connectivity index (χ0v) is 11.7. The van der Waals surface area contributed by atoms with Gasteiger partial charge in [-0.1, -0.05) is 42.5 Å². The van der Waals surface area contributed by atoms with E-state index >= 15 is 0 Å². The normalized spacial score (nSPS) is 11.6. The second kappa shape index (κ2) is 6.10. The molecule has 0 spiro atoms. The van der Waals surface area contributed by atoms with Gasteiger partial charge >= 0.3 is 0 Å². The van der Waals surface area contributed by atoms with Gasteiger partial charge in [0.05, 0.1) is 12.4 Å². The molecular formula is C18H14N2O2. The lowest BCUT2D eigenvalue weighted by Crippen LogP contribution is -1.86. The first-order valence-corrected chi connectivity index (χ1v) is 6.81. The molecule has 0 heterocycles. The fourth-order valence-electron chi connectivity index (χ4n) is 2.20. The summed E-state index contributed by atoms with van der Waals surface area (Å²) >= 11 is 0. The van der Waals surface area contributed by atoms with Gasteiger partial charge in [-0.3, -0.25) is 0 Å². The average molecular weight is 290 g/mol. The predicted molar refractivity (Wildman–Crippen MR) is 88.9 cm³/mol. The Morgan fingerprint density at radius 3 is 2.27 bits per heavy atom. The summed E-state index contributed by atoms with van der Waals surface area (Å²) in [6.45, 7) is 0. The molecule has 4 heteroatoms. The van der Waals surface area contributed by atoms with E-state index < -0.39 is 0 Å². The first-order valence-electron chi connectivity index (χ1n) is 6.81. The molecule has 2 N–H and O–H groups in total. The number of phenolic OH excluding ortho intramolecular Hbond substituents is 2. The van der Waals surface area contributed by atoms with E-state index in [1.54, 1.807) is 30.3 Å². The Bertz CT molecular complexity index is 870. The summed E-state index contributed by atoms with van der Waals surface area (Å²) in [5.74, 6) is 0.301. The van der Waals surface area contributed by atoms with Crippen molar-refractivity contribution in [2.24, 2.45) is 10.2 Å². The maximum absolute atomic E-state index is 9.99. The Morgan fingerprint density at radius 1 is 0.682 bits per heavy atom. The predicted octanol–water partition coefficient (Wildman–Crippen LogP) is 3.70. The quantitative estimate of drug-likeness (QED) is 0.570. The number of hydrogen-bond donors (Lipinski definition) is 2. The summed E-state index contributed by atoms with van der Waals surface area (Å²) in [4.78, 5) is 0. The molecule has 108 valence electrons. The fourth-order valence-corrected chi connectivity index (χ4v) is 2.20. The zero-order chi connectivity index (χ0) is 15.4. The van der Waals surface area contributed by atoms with Crippen LogP contribution in [0, 0.1) is 0 Å². The summed E-state index contributed by atoms with van der Waals surface area (Å²) in [5, 5.41) is 29.4. The lowest BCUT2D eigenvalue weighted by Gasteiger charge is -2.03. The van der Waals surface area contributed by atoms with E-state index in [1.165, 1.54) is 12.4 Å². The topological polar surface area (TPSA) is 65.2 Å². The van der Waals surface area contributed by atoms with Crippen molar-refractivity contribution in [1.82, 2.24) is 0 Å². The van der Waals surface area contributed by atoms with E-state index in [0.717, 1.165) is 10.8 Å². The van der Waals surface area contributed by atoms with Crippen LogP contribution in [0.5, 0.6) is 11.5 Å². The smallest absolute Gasteiger partial charge is 0.125 e. The van der Waals surface area contributed by atoms with Crippen LogP contribution in [-0.4, -0.2) is 22.6 Å². The molecule has 0 amide bonds. The van der Waals surface area contributed by atoms with Crippen molar-refractivity contribution in [2.75, 3.05) is 0 Å². The molecule has 0 bridgehead atoms. The summed E-state index contributed by atoms with van der Waals surface area (Å²) in [7, 11) is 0. The van der Waals surface area contributed by atoms with Crippen molar-refractivity contribution in [1.29, 1.82) is 0 Å². The van der Waals surface area contributed by atoms with Crippen LogP contribution in [0.3, 0.4) is 0 Å². The molecule has 22 heavy (non-hydrogen) atoms. The second-order valence-corrected chi connectivity index (χ2v) is 4.77. The molecule has 0 aromatic heterocycles. The molecular weight excluding hydrogens is 276 g/mol. The first-order chi connectivity index (χ1) is 10.8. The molecule has 0 aliphatic carbocycles. The maximum atomic E-state index is 9.99. The number of nitrogens with zero attached hydrogens (tertiary/aromatic N) is 2. The summed E-state index contributed by atoms with van der Waals surface area (Å²) < 4.78 is 0.